The first-order valence-electron chi connectivity index (χ1n) is 9.02. The number of carbonyl (C=O) groups is 3. The van der Waals surface area contributed by atoms with Gasteiger partial charge in [-0.1, -0.05) is 0 Å². The van der Waals surface area contributed by atoms with Crippen LogP contribution in [0.2, 0.25) is 0 Å². The Balaban J connectivity index is 1.61. The predicted molar refractivity (Wildman–Crippen MR) is 99.8 cm³/mol. The fourth-order valence-corrected chi connectivity index (χ4v) is 3.38. The van der Waals surface area contributed by atoms with E-state index in [0.29, 0.717) is 5.69 Å². The minimum atomic E-state index is -4.53. The number of urea groups is 1. The molecule has 0 unspecified atom stereocenters. The van der Waals surface area contributed by atoms with E-state index < -0.39 is 35.1 Å². The number of aromatic nitrogens is 2. The molecule has 162 valence electrons. The van der Waals surface area contributed by atoms with E-state index in [2.05, 4.69) is 20.9 Å². The number of halogens is 3. The highest BCUT2D eigenvalue weighted by Gasteiger charge is 2.51. The number of hydrogen-bond acceptors (Lipinski definition) is 5. The molecule has 2 aromatic heterocycles. The lowest BCUT2D eigenvalue weighted by molar-refractivity contribution is -0.137. The lowest BCUT2D eigenvalue weighted by Crippen LogP contribution is -2.54. The van der Waals surface area contributed by atoms with Crippen LogP contribution in [0.5, 0.6) is 0 Å². The molecule has 0 aliphatic carbocycles. The first-order valence-corrected chi connectivity index (χ1v) is 9.02. The Morgan fingerprint density at radius 3 is 2.61 bits per heavy atom. The molecule has 0 bridgehead atoms. The number of imidazole rings is 1. The van der Waals surface area contributed by atoms with Crippen LogP contribution in [0.25, 0.3) is 11.0 Å². The monoisotopic (exact) mass is 435 g/mol. The molecule has 31 heavy (non-hydrogen) atoms. The van der Waals surface area contributed by atoms with E-state index >= 15 is 0 Å². The van der Waals surface area contributed by atoms with Gasteiger partial charge in [0.1, 0.15) is 11.4 Å². The van der Waals surface area contributed by atoms with Gasteiger partial charge >= 0.3 is 12.2 Å². The van der Waals surface area contributed by atoms with Crippen LogP contribution in [0, 0.1) is 6.92 Å². The molecule has 12 heteroatoms. The fraction of sp³-hybridized carbons (Fsp3) is 0.263. The van der Waals surface area contributed by atoms with Crippen molar-refractivity contribution in [1.82, 2.24) is 25.5 Å². The molecule has 1 saturated heterocycles. The SMILES string of the molecule is Cc1cnc([C@]2(CNC(=O)c3cc4cc(C(F)(F)F)ccc4o3)NC(=O)NC2=O)n1C. The van der Waals surface area contributed by atoms with Gasteiger partial charge in [-0.05, 0) is 31.2 Å². The number of furan rings is 1. The van der Waals surface area contributed by atoms with E-state index in [4.69, 9.17) is 4.42 Å². The molecule has 1 aromatic carbocycles. The average Bonchev–Trinajstić information content (AvgIpc) is 3.35. The van der Waals surface area contributed by atoms with Crippen LogP contribution in [0.15, 0.2) is 34.9 Å². The van der Waals surface area contributed by atoms with E-state index in [1.54, 1.807) is 18.5 Å². The third-order valence-electron chi connectivity index (χ3n) is 5.13. The molecule has 0 radical (unpaired) electrons. The second-order valence-corrected chi connectivity index (χ2v) is 7.14. The highest BCUT2D eigenvalue weighted by molar-refractivity contribution is 6.07. The van der Waals surface area contributed by atoms with Crippen LogP contribution in [0.4, 0.5) is 18.0 Å². The van der Waals surface area contributed by atoms with E-state index in [0.717, 1.165) is 18.2 Å². The average molecular weight is 435 g/mol. The molecule has 3 aromatic rings. The van der Waals surface area contributed by atoms with Gasteiger partial charge in [-0.15, -0.1) is 0 Å². The van der Waals surface area contributed by atoms with Crippen LogP contribution < -0.4 is 16.0 Å². The molecule has 1 fully saturated rings. The van der Waals surface area contributed by atoms with Crippen molar-refractivity contribution in [2.75, 3.05) is 6.54 Å². The van der Waals surface area contributed by atoms with Crippen molar-refractivity contribution < 1.29 is 32.0 Å². The van der Waals surface area contributed by atoms with Gasteiger partial charge < -0.3 is 19.6 Å². The third-order valence-corrected chi connectivity index (χ3v) is 5.13. The number of aryl methyl sites for hydroxylation is 1. The summed E-state index contributed by atoms with van der Waals surface area (Å²) in [6.07, 6.45) is -3.03. The number of amides is 4. The number of carbonyl (C=O) groups excluding carboxylic acids is 3. The number of nitrogens with zero attached hydrogens (tertiary/aromatic N) is 2. The van der Waals surface area contributed by atoms with Crippen molar-refractivity contribution in [3.05, 3.63) is 53.3 Å². The number of fused-ring (bicyclic) bond motifs is 1. The quantitative estimate of drug-likeness (QED) is 0.542. The van der Waals surface area contributed by atoms with E-state index in [1.165, 1.54) is 12.3 Å². The summed E-state index contributed by atoms with van der Waals surface area (Å²) in [5.74, 6) is -1.52. The standard InChI is InChI=1S/C19H16F3N5O4/c1-9-7-23-15(27(9)2)18(16(29)25-17(30)26-18)8-24-14(28)13-6-10-5-11(19(20,21)22)3-4-12(10)31-13/h3-7H,8H2,1-2H3,(H,24,28)(H2,25,26,29,30)/t18-/m0/s1. The minimum Gasteiger partial charge on any atom is -0.451 e. The Hall–Kier alpha value is -3.83. The number of nitrogens with one attached hydrogen (secondary N) is 3. The maximum atomic E-state index is 12.9. The first kappa shape index (κ1) is 20.4. The van der Waals surface area contributed by atoms with Gasteiger partial charge in [-0.3, -0.25) is 14.9 Å². The lowest BCUT2D eigenvalue weighted by Gasteiger charge is -2.25. The van der Waals surface area contributed by atoms with E-state index in [-0.39, 0.29) is 29.1 Å². The van der Waals surface area contributed by atoms with Crippen molar-refractivity contribution in [3.8, 4) is 0 Å². The second kappa shape index (κ2) is 6.86. The number of alkyl halides is 3. The largest absolute Gasteiger partial charge is 0.451 e. The molecule has 9 nitrogen and oxygen atoms in total. The third kappa shape index (κ3) is 3.39. The van der Waals surface area contributed by atoms with Crippen LogP contribution in [-0.4, -0.2) is 33.9 Å². The number of hydrogen-bond donors (Lipinski definition) is 3. The number of benzene rings is 1. The molecule has 0 spiro atoms. The Kier molecular flexibility index (Phi) is 4.52. The lowest BCUT2D eigenvalue weighted by atomic mass is 9.98. The molecule has 3 heterocycles. The molecule has 1 aliphatic heterocycles. The molecule has 3 N–H and O–H groups in total. The summed E-state index contributed by atoms with van der Waals surface area (Å²) in [5, 5.41) is 7.20. The van der Waals surface area contributed by atoms with Crippen molar-refractivity contribution in [1.29, 1.82) is 0 Å². The first-order chi connectivity index (χ1) is 14.5. The molecular formula is C19H16F3N5O4. The second-order valence-electron chi connectivity index (χ2n) is 7.14. The van der Waals surface area contributed by atoms with Gasteiger partial charge in [-0.25, -0.2) is 9.78 Å². The normalized spacial score (nSPS) is 18.9. The highest BCUT2D eigenvalue weighted by Crippen LogP contribution is 2.32. The summed E-state index contributed by atoms with van der Waals surface area (Å²) in [7, 11) is 1.65. The zero-order valence-electron chi connectivity index (χ0n) is 16.3. The Bertz CT molecular complexity index is 1230. The molecule has 1 atom stereocenters. The fourth-order valence-electron chi connectivity index (χ4n) is 3.38. The number of imide groups is 1. The topological polar surface area (TPSA) is 118 Å². The van der Waals surface area contributed by atoms with Gasteiger partial charge in [0.15, 0.2) is 11.3 Å². The van der Waals surface area contributed by atoms with Crippen molar-refractivity contribution >= 4 is 28.8 Å². The van der Waals surface area contributed by atoms with Gasteiger partial charge in [0.05, 0.1) is 12.1 Å². The highest BCUT2D eigenvalue weighted by atomic mass is 19.4. The Morgan fingerprint density at radius 2 is 2.03 bits per heavy atom. The van der Waals surface area contributed by atoms with Gasteiger partial charge in [0.2, 0.25) is 0 Å². The molecule has 0 saturated carbocycles. The zero-order valence-corrected chi connectivity index (χ0v) is 16.3. The Morgan fingerprint density at radius 1 is 1.29 bits per heavy atom. The maximum Gasteiger partial charge on any atom is 0.416 e. The van der Waals surface area contributed by atoms with Crippen LogP contribution >= 0.6 is 0 Å². The zero-order chi connectivity index (χ0) is 22.6. The van der Waals surface area contributed by atoms with Crippen LogP contribution in [0.1, 0.15) is 27.6 Å². The molecule has 1 aliphatic rings. The summed E-state index contributed by atoms with van der Waals surface area (Å²) in [6, 6.07) is 3.27. The van der Waals surface area contributed by atoms with E-state index in [1.807, 2.05) is 0 Å². The van der Waals surface area contributed by atoms with Gasteiger partial charge in [0.25, 0.3) is 11.8 Å². The predicted octanol–water partition coefficient (Wildman–Crippen LogP) is 1.96. The molecular weight excluding hydrogens is 419 g/mol. The Labute approximate surface area is 172 Å². The molecule has 4 rings (SSSR count). The summed E-state index contributed by atoms with van der Waals surface area (Å²) in [5.41, 5.74) is -1.72. The van der Waals surface area contributed by atoms with E-state index in [9.17, 15) is 27.6 Å². The summed E-state index contributed by atoms with van der Waals surface area (Å²) < 4.78 is 45.6. The van der Waals surface area contributed by atoms with Crippen LogP contribution in [-0.2, 0) is 23.6 Å². The number of rotatable bonds is 4. The minimum absolute atomic E-state index is 0.0968. The van der Waals surface area contributed by atoms with Crippen LogP contribution in [0.3, 0.4) is 0 Å². The summed E-state index contributed by atoms with van der Waals surface area (Å²) >= 11 is 0. The van der Waals surface area contributed by atoms with Crippen molar-refractivity contribution in [2.24, 2.45) is 7.05 Å². The maximum absolute atomic E-state index is 12.9. The smallest absolute Gasteiger partial charge is 0.416 e. The summed E-state index contributed by atoms with van der Waals surface area (Å²) in [4.78, 5) is 41.1. The summed E-state index contributed by atoms with van der Waals surface area (Å²) in [6.45, 7) is 1.39. The molecule has 4 amide bonds. The van der Waals surface area contributed by atoms with Gasteiger partial charge in [-0.2, -0.15) is 13.2 Å². The van der Waals surface area contributed by atoms with Crippen molar-refractivity contribution in [3.63, 3.8) is 0 Å². The van der Waals surface area contributed by atoms with Crippen molar-refractivity contribution in [2.45, 2.75) is 18.6 Å². The van der Waals surface area contributed by atoms with Gasteiger partial charge in [0, 0.05) is 24.3 Å².